The van der Waals surface area contributed by atoms with Crippen molar-refractivity contribution in [3.05, 3.63) is 92.4 Å². The molecule has 1 aliphatic heterocycles. The Kier molecular flexibility index (Phi) is 6.68. The molecule has 4 rings (SSSR count). The van der Waals surface area contributed by atoms with Crippen LogP contribution in [-0.4, -0.2) is 23.3 Å². The van der Waals surface area contributed by atoms with Crippen LogP contribution in [0.3, 0.4) is 0 Å². The van der Waals surface area contributed by atoms with Crippen molar-refractivity contribution in [3.8, 4) is 0 Å². The van der Waals surface area contributed by atoms with Crippen molar-refractivity contribution in [1.29, 1.82) is 0 Å². The smallest absolute Gasteiger partial charge is 0.223 e. The van der Waals surface area contributed by atoms with Gasteiger partial charge in [0.1, 0.15) is 5.82 Å². The monoisotopic (exact) mass is 456 g/mol. The summed E-state index contributed by atoms with van der Waals surface area (Å²) < 4.78 is 13.3. The molecule has 4 nitrogen and oxygen atoms in total. The fourth-order valence-corrected chi connectivity index (χ4v) is 4.92. The molecular formula is C24H22ClFN2O2S. The molecule has 1 unspecified atom stereocenters. The molecule has 7 heteroatoms. The Morgan fingerprint density at radius 2 is 1.94 bits per heavy atom. The lowest BCUT2D eigenvalue weighted by molar-refractivity contribution is -0.135. The molecule has 2 aromatic carbocycles. The van der Waals surface area contributed by atoms with Crippen molar-refractivity contribution in [2.45, 2.75) is 31.8 Å². The summed E-state index contributed by atoms with van der Waals surface area (Å²) in [5.74, 6) is -0.625. The van der Waals surface area contributed by atoms with E-state index in [9.17, 15) is 14.0 Å². The van der Waals surface area contributed by atoms with Crippen LogP contribution in [0.4, 0.5) is 4.39 Å². The molecular weight excluding hydrogens is 435 g/mol. The predicted molar refractivity (Wildman–Crippen MR) is 121 cm³/mol. The summed E-state index contributed by atoms with van der Waals surface area (Å²) in [6.07, 6.45) is 1.03. The van der Waals surface area contributed by atoms with Gasteiger partial charge in [0.25, 0.3) is 0 Å². The number of halogens is 2. The SMILES string of the molecule is O=C(CCC(=O)N1CCc2sccc2C1c1ccc(Cl)cc1)NCc1cccc(F)c1. The lowest BCUT2D eigenvalue weighted by atomic mass is 9.93. The van der Waals surface area contributed by atoms with Gasteiger partial charge in [-0.2, -0.15) is 0 Å². The van der Waals surface area contributed by atoms with Crippen LogP contribution >= 0.6 is 22.9 Å². The molecule has 0 saturated heterocycles. The molecule has 0 bridgehead atoms. The quantitative estimate of drug-likeness (QED) is 0.560. The second-order valence-electron chi connectivity index (χ2n) is 7.50. The fraction of sp³-hybridized carbons (Fsp3) is 0.250. The highest BCUT2D eigenvalue weighted by molar-refractivity contribution is 7.10. The Balaban J connectivity index is 1.40. The van der Waals surface area contributed by atoms with Gasteiger partial charge in [-0.1, -0.05) is 35.9 Å². The first kappa shape index (κ1) is 21.5. The average molecular weight is 457 g/mol. The molecule has 1 N–H and O–H groups in total. The van der Waals surface area contributed by atoms with E-state index < -0.39 is 0 Å². The molecule has 0 aliphatic carbocycles. The highest BCUT2D eigenvalue weighted by Gasteiger charge is 2.32. The molecule has 31 heavy (non-hydrogen) atoms. The number of hydrogen-bond donors (Lipinski definition) is 1. The minimum Gasteiger partial charge on any atom is -0.352 e. The molecule has 0 radical (unpaired) electrons. The van der Waals surface area contributed by atoms with Crippen LogP contribution in [0.25, 0.3) is 0 Å². The number of nitrogens with one attached hydrogen (secondary N) is 1. The number of thiophene rings is 1. The lowest BCUT2D eigenvalue weighted by Gasteiger charge is -2.36. The van der Waals surface area contributed by atoms with Gasteiger partial charge in [0.2, 0.25) is 11.8 Å². The van der Waals surface area contributed by atoms with E-state index in [1.807, 2.05) is 29.2 Å². The molecule has 0 saturated carbocycles. The number of fused-ring (bicyclic) bond motifs is 1. The van der Waals surface area contributed by atoms with E-state index in [0.717, 1.165) is 17.5 Å². The standard InChI is InChI=1S/C24H22ClFN2O2S/c25-18-6-4-17(5-7-18)24-20-11-13-31-21(20)10-12-28(24)23(30)9-8-22(29)27-15-16-2-1-3-19(26)14-16/h1-7,11,13-14,24H,8-10,12,15H2,(H,27,29). The van der Waals surface area contributed by atoms with E-state index in [2.05, 4.69) is 16.8 Å². The maximum absolute atomic E-state index is 13.3. The minimum absolute atomic E-state index is 0.0577. The number of rotatable bonds is 6. The van der Waals surface area contributed by atoms with Crippen molar-refractivity contribution in [2.24, 2.45) is 0 Å². The third-order valence-corrected chi connectivity index (χ3v) is 6.67. The topological polar surface area (TPSA) is 49.4 Å². The van der Waals surface area contributed by atoms with E-state index in [-0.39, 0.29) is 43.1 Å². The molecule has 1 atom stereocenters. The summed E-state index contributed by atoms with van der Waals surface area (Å²) in [5.41, 5.74) is 2.83. The number of hydrogen-bond acceptors (Lipinski definition) is 3. The van der Waals surface area contributed by atoms with Crippen LogP contribution in [0.1, 0.15) is 40.5 Å². The number of nitrogens with zero attached hydrogens (tertiary/aromatic N) is 1. The minimum atomic E-state index is -0.340. The first-order chi connectivity index (χ1) is 15.0. The van der Waals surface area contributed by atoms with Gasteiger partial charge in [0.15, 0.2) is 0 Å². The number of carbonyl (C=O) groups is 2. The van der Waals surface area contributed by atoms with E-state index in [1.54, 1.807) is 23.5 Å². The summed E-state index contributed by atoms with van der Waals surface area (Å²) in [5, 5.41) is 5.46. The first-order valence-electron chi connectivity index (χ1n) is 10.1. The molecule has 0 spiro atoms. The van der Waals surface area contributed by atoms with Gasteiger partial charge in [0.05, 0.1) is 6.04 Å². The number of carbonyl (C=O) groups excluding carboxylic acids is 2. The normalized spacial score (nSPS) is 15.4. The summed E-state index contributed by atoms with van der Waals surface area (Å²) in [4.78, 5) is 28.5. The van der Waals surface area contributed by atoms with Gasteiger partial charge in [0, 0.05) is 35.8 Å². The summed E-state index contributed by atoms with van der Waals surface area (Å²) in [6, 6.07) is 15.6. The maximum atomic E-state index is 13.3. The zero-order chi connectivity index (χ0) is 21.8. The molecule has 3 aromatic rings. The molecule has 2 heterocycles. The van der Waals surface area contributed by atoms with Gasteiger partial charge in [-0.15, -0.1) is 11.3 Å². The largest absolute Gasteiger partial charge is 0.352 e. The highest BCUT2D eigenvalue weighted by atomic mass is 35.5. The second-order valence-corrected chi connectivity index (χ2v) is 8.93. The lowest BCUT2D eigenvalue weighted by Crippen LogP contribution is -2.40. The van der Waals surface area contributed by atoms with Gasteiger partial charge >= 0.3 is 0 Å². The Morgan fingerprint density at radius 3 is 2.71 bits per heavy atom. The summed E-state index contributed by atoms with van der Waals surface area (Å²) in [7, 11) is 0. The van der Waals surface area contributed by atoms with E-state index in [0.29, 0.717) is 17.1 Å². The maximum Gasteiger partial charge on any atom is 0.223 e. The Bertz CT molecular complexity index is 1080. The van der Waals surface area contributed by atoms with E-state index >= 15 is 0 Å². The summed E-state index contributed by atoms with van der Waals surface area (Å²) >= 11 is 7.76. The van der Waals surface area contributed by atoms with Crippen molar-refractivity contribution < 1.29 is 14.0 Å². The van der Waals surface area contributed by atoms with Gasteiger partial charge in [-0.25, -0.2) is 4.39 Å². The Morgan fingerprint density at radius 1 is 1.13 bits per heavy atom. The third kappa shape index (κ3) is 5.14. The molecule has 0 fully saturated rings. The van der Waals surface area contributed by atoms with Crippen molar-refractivity contribution >= 4 is 34.8 Å². The first-order valence-corrected chi connectivity index (χ1v) is 11.4. The van der Waals surface area contributed by atoms with Crippen LogP contribution in [-0.2, 0) is 22.6 Å². The van der Waals surface area contributed by atoms with Gasteiger partial charge in [-0.05, 0) is 58.8 Å². The predicted octanol–water partition coefficient (Wildman–Crippen LogP) is 5.11. The van der Waals surface area contributed by atoms with Crippen LogP contribution in [0.5, 0.6) is 0 Å². The number of amides is 2. The zero-order valence-corrected chi connectivity index (χ0v) is 18.4. The third-order valence-electron chi connectivity index (χ3n) is 5.42. The second kappa shape index (κ2) is 9.62. The fourth-order valence-electron chi connectivity index (χ4n) is 3.89. The Hall–Kier alpha value is -2.70. The summed E-state index contributed by atoms with van der Waals surface area (Å²) in [6.45, 7) is 0.852. The average Bonchev–Trinajstić information content (AvgIpc) is 3.25. The molecule has 160 valence electrons. The molecule has 2 amide bonds. The van der Waals surface area contributed by atoms with Crippen LogP contribution in [0.2, 0.25) is 5.02 Å². The van der Waals surface area contributed by atoms with Crippen molar-refractivity contribution in [1.82, 2.24) is 10.2 Å². The van der Waals surface area contributed by atoms with Crippen LogP contribution in [0, 0.1) is 5.82 Å². The highest BCUT2D eigenvalue weighted by Crippen LogP contribution is 2.38. The van der Waals surface area contributed by atoms with Crippen LogP contribution < -0.4 is 5.32 Å². The number of benzene rings is 2. The molecule has 1 aliphatic rings. The van der Waals surface area contributed by atoms with Crippen molar-refractivity contribution in [3.63, 3.8) is 0 Å². The Labute approximate surface area is 189 Å². The van der Waals surface area contributed by atoms with E-state index in [1.165, 1.54) is 17.0 Å². The van der Waals surface area contributed by atoms with Crippen molar-refractivity contribution in [2.75, 3.05) is 6.54 Å². The zero-order valence-electron chi connectivity index (χ0n) is 16.8. The van der Waals surface area contributed by atoms with Gasteiger partial charge in [-0.3, -0.25) is 9.59 Å². The molecule has 1 aromatic heterocycles. The van der Waals surface area contributed by atoms with Gasteiger partial charge < -0.3 is 10.2 Å². The van der Waals surface area contributed by atoms with E-state index in [4.69, 9.17) is 11.6 Å². The van der Waals surface area contributed by atoms with Crippen LogP contribution in [0.15, 0.2) is 60.0 Å².